The molecule has 0 saturated carbocycles. The first-order valence-electron chi connectivity index (χ1n) is 6.60. The van der Waals surface area contributed by atoms with Crippen LogP contribution in [-0.2, 0) is 13.2 Å². The van der Waals surface area contributed by atoms with Gasteiger partial charge in [-0.1, -0.05) is 29.7 Å². The van der Waals surface area contributed by atoms with Crippen LogP contribution in [-0.4, -0.2) is 16.7 Å². The average molecular weight is 296 g/mol. The van der Waals surface area contributed by atoms with Gasteiger partial charge < -0.3 is 14.6 Å². The molecule has 5 nitrogen and oxygen atoms in total. The third-order valence-corrected chi connectivity index (χ3v) is 2.97. The first-order chi connectivity index (χ1) is 9.69. The highest BCUT2D eigenvalue weighted by Gasteiger charge is 2.07. The predicted octanol–water partition coefficient (Wildman–Crippen LogP) is 3.11. The molecule has 0 saturated heterocycles. The molecule has 1 aromatic heterocycles. The van der Waals surface area contributed by atoms with E-state index in [2.05, 4.69) is 22.4 Å². The van der Waals surface area contributed by atoms with E-state index in [1.54, 1.807) is 6.92 Å². The van der Waals surface area contributed by atoms with Crippen molar-refractivity contribution in [1.82, 2.24) is 15.5 Å². The molecule has 1 heterocycles. The molecule has 6 heteroatoms. The Kier molecular flexibility index (Phi) is 5.38. The van der Waals surface area contributed by atoms with Crippen molar-refractivity contribution in [3.05, 3.63) is 40.5 Å². The highest BCUT2D eigenvalue weighted by Crippen LogP contribution is 2.26. The fourth-order valence-electron chi connectivity index (χ4n) is 1.72. The van der Waals surface area contributed by atoms with E-state index < -0.39 is 0 Å². The van der Waals surface area contributed by atoms with Crippen molar-refractivity contribution in [3.63, 3.8) is 0 Å². The van der Waals surface area contributed by atoms with Gasteiger partial charge in [-0.05, 0) is 37.6 Å². The van der Waals surface area contributed by atoms with E-state index in [0.29, 0.717) is 22.5 Å². The molecule has 1 aromatic carbocycles. The van der Waals surface area contributed by atoms with E-state index in [1.807, 2.05) is 18.2 Å². The maximum atomic E-state index is 6.19. The monoisotopic (exact) mass is 295 g/mol. The van der Waals surface area contributed by atoms with E-state index in [4.69, 9.17) is 20.9 Å². The Morgan fingerprint density at radius 1 is 1.40 bits per heavy atom. The summed E-state index contributed by atoms with van der Waals surface area (Å²) >= 11 is 6.19. The van der Waals surface area contributed by atoms with Crippen molar-refractivity contribution < 1.29 is 9.26 Å². The third kappa shape index (κ3) is 4.21. The summed E-state index contributed by atoms with van der Waals surface area (Å²) in [6, 6.07) is 5.75. The Morgan fingerprint density at radius 3 is 2.90 bits per heavy atom. The number of nitrogens with zero attached hydrogens (tertiary/aromatic N) is 2. The number of nitrogens with one attached hydrogen (secondary N) is 1. The first kappa shape index (κ1) is 14.8. The molecule has 2 aromatic rings. The fourth-order valence-corrected chi connectivity index (χ4v) is 1.98. The number of aryl methyl sites for hydroxylation is 1. The van der Waals surface area contributed by atoms with Crippen molar-refractivity contribution >= 4 is 11.6 Å². The number of aromatic nitrogens is 2. The summed E-state index contributed by atoms with van der Waals surface area (Å²) in [5.41, 5.74) is 1.13. The van der Waals surface area contributed by atoms with Crippen LogP contribution < -0.4 is 10.1 Å². The second-order valence-corrected chi connectivity index (χ2v) is 4.87. The third-order valence-electron chi connectivity index (χ3n) is 2.67. The minimum Gasteiger partial charge on any atom is -0.482 e. The van der Waals surface area contributed by atoms with Crippen LogP contribution in [0.5, 0.6) is 5.75 Å². The number of halogens is 1. The van der Waals surface area contributed by atoms with Gasteiger partial charge in [-0.3, -0.25) is 0 Å². The van der Waals surface area contributed by atoms with E-state index in [-0.39, 0.29) is 6.61 Å². The normalized spacial score (nSPS) is 10.8. The Labute approximate surface area is 123 Å². The van der Waals surface area contributed by atoms with E-state index in [1.165, 1.54) is 0 Å². The molecule has 0 radical (unpaired) electrons. The van der Waals surface area contributed by atoms with Gasteiger partial charge in [0.15, 0.2) is 12.4 Å². The van der Waals surface area contributed by atoms with Gasteiger partial charge in [-0.25, -0.2) is 0 Å². The molecular formula is C14H18ClN3O2. The van der Waals surface area contributed by atoms with E-state index in [9.17, 15) is 0 Å². The van der Waals surface area contributed by atoms with Crippen LogP contribution in [0.1, 0.15) is 30.6 Å². The van der Waals surface area contributed by atoms with E-state index in [0.717, 1.165) is 25.1 Å². The Hall–Kier alpha value is -1.59. The van der Waals surface area contributed by atoms with Crippen LogP contribution >= 0.6 is 11.6 Å². The zero-order chi connectivity index (χ0) is 14.4. The minimum absolute atomic E-state index is 0.216. The van der Waals surface area contributed by atoms with Gasteiger partial charge in [0.1, 0.15) is 5.75 Å². The van der Waals surface area contributed by atoms with Crippen molar-refractivity contribution in [2.75, 3.05) is 6.54 Å². The molecular weight excluding hydrogens is 278 g/mol. The largest absolute Gasteiger partial charge is 0.482 e. The number of hydrogen-bond donors (Lipinski definition) is 1. The molecule has 0 spiro atoms. The van der Waals surface area contributed by atoms with Crippen LogP contribution in [0.2, 0.25) is 5.02 Å². The summed E-state index contributed by atoms with van der Waals surface area (Å²) in [5, 5.41) is 7.61. The molecule has 0 aliphatic rings. The highest BCUT2D eigenvalue weighted by molar-refractivity contribution is 6.32. The standard InChI is InChI=1S/C14H18ClN3O2/c1-3-6-16-8-11-4-5-13(12(15)7-11)19-9-14-17-10(2)18-20-14/h4-5,7,16H,3,6,8-9H2,1-2H3. The minimum atomic E-state index is 0.216. The quantitative estimate of drug-likeness (QED) is 0.795. The summed E-state index contributed by atoms with van der Waals surface area (Å²) in [5.74, 6) is 1.64. The number of ether oxygens (including phenoxy) is 1. The number of benzene rings is 1. The fraction of sp³-hybridized carbons (Fsp3) is 0.429. The lowest BCUT2D eigenvalue weighted by Crippen LogP contribution is -2.13. The van der Waals surface area contributed by atoms with Crippen molar-refractivity contribution in [2.24, 2.45) is 0 Å². The Bertz CT molecular complexity index is 557. The predicted molar refractivity (Wildman–Crippen MR) is 76.8 cm³/mol. The Balaban J connectivity index is 1.92. The van der Waals surface area contributed by atoms with Gasteiger partial charge in [0.25, 0.3) is 5.89 Å². The maximum Gasteiger partial charge on any atom is 0.264 e. The van der Waals surface area contributed by atoms with Crippen LogP contribution in [0.15, 0.2) is 22.7 Å². The number of rotatable bonds is 7. The molecule has 0 aliphatic heterocycles. The summed E-state index contributed by atoms with van der Waals surface area (Å²) in [6.07, 6.45) is 1.11. The lowest BCUT2D eigenvalue weighted by Gasteiger charge is -2.08. The SMILES string of the molecule is CCCNCc1ccc(OCc2nc(C)no2)c(Cl)c1. The van der Waals surface area contributed by atoms with Crippen LogP contribution in [0.25, 0.3) is 0 Å². The summed E-state index contributed by atoms with van der Waals surface area (Å²) in [6.45, 7) is 5.91. The summed E-state index contributed by atoms with van der Waals surface area (Å²) in [4.78, 5) is 4.07. The molecule has 20 heavy (non-hydrogen) atoms. The van der Waals surface area contributed by atoms with Gasteiger partial charge in [0.2, 0.25) is 0 Å². The summed E-state index contributed by atoms with van der Waals surface area (Å²) in [7, 11) is 0. The molecule has 1 N–H and O–H groups in total. The van der Waals surface area contributed by atoms with E-state index >= 15 is 0 Å². The topological polar surface area (TPSA) is 60.2 Å². The van der Waals surface area contributed by atoms with Crippen LogP contribution in [0.4, 0.5) is 0 Å². The molecule has 0 unspecified atom stereocenters. The van der Waals surface area contributed by atoms with Gasteiger partial charge >= 0.3 is 0 Å². The smallest absolute Gasteiger partial charge is 0.264 e. The van der Waals surface area contributed by atoms with Gasteiger partial charge in [0, 0.05) is 6.54 Å². The first-order valence-corrected chi connectivity index (χ1v) is 6.98. The maximum absolute atomic E-state index is 6.19. The lowest BCUT2D eigenvalue weighted by molar-refractivity contribution is 0.242. The van der Waals surface area contributed by atoms with Crippen molar-refractivity contribution in [3.8, 4) is 5.75 Å². The van der Waals surface area contributed by atoms with Gasteiger partial charge in [0.05, 0.1) is 5.02 Å². The van der Waals surface area contributed by atoms with Crippen molar-refractivity contribution in [2.45, 2.75) is 33.4 Å². The van der Waals surface area contributed by atoms with Gasteiger partial charge in [-0.15, -0.1) is 0 Å². The average Bonchev–Trinajstić information content (AvgIpc) is 2.84. The zero-order valence-corrected chi connectivity index (χ0v) is 12.4. The molecule has 0 fully saturated rings. The number of hydrogen-bond acceptors (Lipinski definition) is 5. The molecule has 0 atom stereocenters. The molecule has 0 aliphatic carbocycles. The Morgan fingerprint density at radius 2 is 2.25 bits per heavy atom. The molecule has 0 bridgehead atoms. The highest BCUT2D eigenvalue weighted by atomic mass is 35.5. The lowest BCUT2D eigenvalue weighted by atomic mass is 10.2. The van der Waals surface area contributed by atoms with Gasteiger partial charge in [-0.2, -0.15) is 4.98 Å². The van der Waals surface area contributed by atoms with Crippen LogP contribution in [0.3, 0.4) is 0 Å². The second-order valence-electron chi connectivity index (χ2n) is 4.47. The van der Waals surface area contributed by atoms with Crippen LogP contribution in [0, 0.1) is 6.92 Å². The summed E-state index contributed by atoms with van der Waals surface area (Å²) < 4.78 is 10.5. The molecule has 0 amide bonds. The molecule has 2 rings (SSSR count). The second kappa shape index (κ2) is 7.26. The zero-order valence-electron chi connectivity index (χ0n) is 11.6. The van der Waals surface area contributed by atoms with Crippen molar-refractivity contribution in [1.29, 1.82) is 0 Å². The molecule has 108 valence electrons.